The summed E-state index contributed by atoms with van der Waals surface area (Å²) in [4.78, 5) is 4.37. The first kappa shape index (κ1) is 13.7. The van der Waals surface area contributed by atoms with Crippen LogP contribution in [0.5, 0.6) is 0 Å². The summed E-state index contributed by atoms with van der Waals surface area (Å²) in [6.45, 7) is 0. The van der Waals surface area contributed by atoms with E-state index in [-0.39, 0.29) is 10.9 Å². The summed E-state index contributed by atoms with van der Waals surface area (Å²) in [6.07, 6.45) is 0. The smallest absolute Gasteiger partial charge is 0.165 e. The Bertz CT molecular complexity index is 798. The van der Waals surface area contributed by atoms with Gasteiger partial charge in [0.15, 0.2) is 5.82 Å². The number of para-hydroxylation sites is 1. The van der Waals surface area contributed by atoms with E-state index in [2.05, 4.69) is 4.98 Å². The molecule has 20 heavy (non-hydrogen) atoms. The van der Waals surface area contributed by atoms with Crippen LogP contribution < -0.4 is 0 Å². The van der Waals surface area contributed by atoms with Gasteiger partial charge in [-0.25, -0.2) is 9.37 Å². The van der Waals surface area contributed by atoms with Gasteiger partial charge in [-0.15, -0.1) is 11.6 Å². The molecule has 0 fully saturated rings. The van der Waals surface area contributed by atoms with Crippen LogP contribution in [0, 0.1) is 5.82 Å². The van der Waals surface area contributed by atoms with E-state index >= 15 is 0 Å². The fourth-order valence-corrected chi connectivity index (χ4v) is 2.70. The molecule has 0 aliphatic heterocycles. The van der Waals surface area contributed by atoms with Crippen molar-refractivity contribution in [2.45, 2.75) is 5.88 Å². The van der Waals surface area contributed by atoms with Gasteiger partial charge in [-0.05, 0) is 24.3 Å². The van der Waals surface area contributed by atoms with E-state index in [1.165, 1.54) is 6.07 Å². The summed E-state index contributed by atoms with van der Waals surface area (Å²) in [7, 11) is 0. The van der Waals surface area contributed by atoms with E-state index in [0.29, 0.717) is 27.6 Å². The average molecular weight is 330 g/mol. The second-order valence-corrected chi connectivity index (χ2v) is 5.26. The molecule has 1 heterocycles. The van der Waals surface area contributed by atoms with Crippen LogP contribution in [0.2, 0.25) is 10.0 Å². The van der Waals surface area contributed by atoms with Crippen molar-refractivity contribution in [2.24, 2.45) is 0 Å². The Morgan fingerprint density at radius 1 is 1.05 bits per heavy atom. The van der Waals surface area contributed by atoms with E-state index < -0.39 is 5.82 Å². The molecule has 0 unspecified atom stereocenters. The van der Waals surface area contributed by atoms with Crippen LogP contribution in [0.25, 0.3) is 16.7 Å². The fourth-order valence-electron chi connectivity index (χ4n) is 2.14. The Kier molecular flexibility index (Phi) is 3.59. The number of benzene rings is 2. The lowest BCUT2D eigenvalue weighted by Crippen LogP contribution is -2.02. The van der Waals surface area contributed by atoms with Crippen molar-refractivity contribution in [3.05, 3.63) is 58.1 Å². The molecule has 6 heteroatoms. The Morgan fingerprint density at radius 2 is 1.75 bits per heavy atom. The Hall–Kier alpha value is -1.29. The molecule has 1 aromatic heterocycles. The van der Waals surface area contributed by atoms with E-state index in [0.717, 1.165) is 0 Å². The lowest BCUT2D eigenvalue weighted by molar-refractivity contribution is 0.618. The minimum atomic E-state index is -0.514. The van der Waals surface area contributed by atoms with Gasteiger partial charge in [-0.1, -0.05) is 35.3 Å². The highest BCUT2D eigenvalue weighted by atomic mass is 35.5. The average Bonchev–Trinajstić information content (AvgIpc) is 2.82. The number of alkyl halides is 1. The number of fused-ring (bicyclic) bond motifs is 1. The van der Waals surface area contributed by atoms with Crippen molar-refractivity contribution in [1.82, 2.24) is 9.55 Å². The minimum absolute atomic E-state index is 0.0481. The summed E-state index contributed by atoms with van der Waals surface area (Å²) in [5.74, 6) is 0.132. The first-order valence-corrected chi connectivity index (χ1v) is 7.08. The quantitative estimate of drug-likeness (QED) is 0.590. The number of aromatic nitrogens is 2. The number of hydrogen-bond acceptors (Lipinski definition) is 1. The van der Waals surface area contributed by atoms with Gasteiger partial charge in [-0.2, -0.15) is 0 Å². The van der Waals surface area contributed by atoms with Crippen LogP contribution in [0.3, 0.4) is 0 Å². The van der Waals surface area contributed by atoms with Crippen molar-refractivity contribution in [3.8, 4) is 5.69 Å². The third-order valence-corrected chi connectivity index (χ3v) is 3.83. The zero-order valence-corrected chi connectivity index (χ0v) is 12.3. The molecule has 3 aromatic rings. The standard InChI is InChI=1S/C14H8Cl3FN2/c15-7-12-19-14-9(17)4-2-6-11(14)20(12)10-5-1-3-8(16)13(10)18/h1-6H,7H2. The third kappa shape index (κ3) is 2.06. The molecule has 0 N–H and O–H groups in total. The van der Waals surface area contributed by atoms with Crippen LogP contribution >= 0.6 is 34.8 Å². The lowest BCUT2D eigenvalue weighted by atomic mass is 10.2. The second kappa shape index (κ2) is 5.24. The number of imidazole rings is 1. The molecular weight excluding hydrogens is 322 g/mol. The largest absolute Gasteiger partial charge is 0.292 e. The van der Waals surface area contributed by atoms with Crippen LogP contribution in [-0.4, -0.2) is 9.55 Å². The molecule has 0 aliphatic rings. The van der Waals surface area contributed by atoms with Crippen molar-refractivity contribution in [2.75, 3.05) is 0 Å². The van der Waals surface area contributed by atoms with Gasteiger partial charge in [-0.3, -0.25) is 4.57 Å². The summed E-state index contributed by atoms with van der Waals surface area (Å²) >= 11 is 17.9. The first-order valence-electron chi connectivity index (χ1n) is 5.79. The topological polar surface area (TPSA) is 17.8 Å². The summed E-state index contributed by atoms with van der Waals surface area (Å²) in [6, 6.07) is 10.1. The molecule has 2 aromatic carbocycles. The molecule has 3 rings (SSSR count). The molecule has 0 saturated carbocycles. The molecule has 102 valence electrons. The SMILES string of the molecule is Fc1c(Cl)cccc1-n1c(CCl)nc2c(Cl)cccc21. The Balaban J connectivity index is 2.41. The molecule has 0 aliphatic carbocycles. The third-order valence-electron chi connectivity index (χ3n) is 3.00. The van der Waals surface area contributed by atoms with Gasteiger partial charge in [0.05, 0.1) is 27.1 Å². The minimum Gasteiger partial charge on any atom is -0.292 e. The van der Waals surface area contributed by atoms with Crippen molar-refractivity contribution >= 4 is 45.8 Å². The molecule has 0 atom stereocenters. The maximum absolute atomic E-state index is 14.3. The number of nitrogens with zero attached hydrogens (tertiary/aromatic N) is 2. The zero-order valence-electron chi connectivity index (χ0n) is 10.1. The van der Waals surface area contributed by atoms with Crippen LogP contribution in [0.4, 0.5) is 4.39 Å². The van der Waals surface area contributed by atoms with Crippen LogP contribution in [-0.2, 0) is 5.88 Å². The highest BCUT2D eigenvalue weighted by Gasteiger charge is 2.17. The number of hydrogen-bond donors (Lipinski definition) is 0. The summed E-state index contributed by atoms with van der Waals surface area (Å²) in [5, 5.41) is 0.543. The summed E-state index contributed by atoms with van der Waals surface area (Å²) < 4.78 is 15.9. The highest BCUT2D eigenvalue weighted by Crippen LogP contribution is 2.30. The fraction of sp³-hybridized carbons (Fsp3) is 0.0714. The molecule has 0 spiro atoms. The van der Waals surface area contributed by atoms with Gasteiger partial charge in [0.2, 0.25) is 0 Å². The van der Waals surface area contributed by atoms with Gasteiger partial charge in [0.25, 0.3) is 0 Å². The highest BCUT2D eigenvalue weighted by molar-refractivity contribution is 6.35. The predicted octanol–water partition coefficient (Wildman–Crippen LogP) is 5.21. The zero-order chi connectivity index (χ0) is 14.3. The van der Waals surface area contributed by atoms with Crippen molar-refractivity contribution in [3.63, 3.8) is 0 Å². The molecular formula is C14H8Cl3FN2. The second-order valence-electron chi connectivity index (χ2n) is 4.18. The van der Waals surface area contributed by atoms with Crippen LogP contribution in [0.1, 0.15) is 5.82 Å². The molecule has 0 amide bonds. The van der Waals surface area contributed by atoms with Crippen molar-refractivity contribution < 1.29 is 4.39 Å². The van der Waals surface area contributed by atoms with E-state index in [4.69, 9.17) is 34.8 Å². The molecule has 2 nitrogen and oxygen atoms in total. The monoisotopic (exact) mass is 328 g/mol. The van der Waals surface area contributed by atoms with Gasteiger partial charge in [0.1, 0.15) is 11.3 Å². The molecule has 0 radical (unpaired) electrons. The van der Waals surface area contributed by atoms with Crippen molar-refractivity contribution in [1.29, 1.82) is 0 Å². The van der Waals surface area contributed by atoms with Crippen LogP contribution in [0.15, 0.2) is 36.4 Å². The normalized spacial score (nSPS) is 11.2. The maximum atomic E-state index is 14.3. The van der Waals surface area contributed by atoms with E-state index in [1.807, 2.05) is 6.07 Å². The maximum Gasteiger partial charge on any atom is 0.165 e. The predicted molar refractivity (Wildman–Crippen MR) is 80.6 cm³/mol. The first-order chi connectivity index (χ1) is 9.63. The molecule has 0 saturated heterocycles. The van der Waals surface area contributed by atoms with Gasteiger partial charge < -0.3 is 0 Å². The Labute approximate surface area is 129 Å². The lowest BCUT2D eigenvalue weighted by Gasteiger charge is -2.09. The van der Waals surface area contributed by atoms with Gasteiger partial charge in [0, 0.05) is 0 Å². The van der Waals surface area contributed by atoms with E-state index in [1.54, 1.807) is 28.8 Å². The Morgan fingerprint density at radius 3 is 2.50 bits per heavy atom. The summed E-state index contributed by atoms with van der Waals surface area (Å²) in [5.41, 5.74) is 1.58. The number of halogens is 4. The van der Waals surface area contributed by atoms with E-state index in [9.17, 15) is 4.39 Å². The number of rotatable bonds is 2. The molecule has 0 bridgehead atoms. The van der Waals surface area contributed by atoms with Gasteiger partial charge >= 0.3 is 0 Å².